The molecule has 0 saturated carbocycles. The quantitative estimate of drug-likeness (QED) is 0.117. The van der Waals surface area contributed by atoms with Gasteiger partial charge in [-0.05, 0) is 38.0 Å². The lowest BCUT2D eigenvalue weighted by Gasteiger charge is -2.43. The van der Waals surface area contributed by atoms with Crippen LogP contribution in [0.5, 0.6) is 0 Å². The molecule has 0 aliphatic rings. The van der Waals surface area contributed by atoms with Crippen LogP contribution in [0.1, 0.15) is 110 Å². The average Bonchev–Trinajstić information content (AvgIpc) is 2.74. The van der Waals surface area contributed by atoms with E-state index in [1.165, 1.54) is 0 Å². The Hall–Kier alpha value is -2.16. The van der Waals surface area contributed by atoms with Crippen molar-refractivity contribution in [3.8, 4) is 0 Å². The van der Waals surface area contributed by atoms with E-state index in [0.29, 0.717) is 38.5 Å². The largest absolute Gasteiger partial charge is 0.550 e. The molecule has 0 rings (SSSR count). The summed E-state index contributed by atoms with van der Waals surface area (Å²) in [6.07, 6.45) is 10.8. The molecule has 35 heavy (non-hydrogen) atoms. The topological polar surface area (TPSA) is 144 Å². The summed E-state index contributed by atoms with van der Waals surface area (Å²) >= 11 is 0. The van der Waals surface area contributed by atoms with E-state index in [1.807, 2.05) is 6.92 Å². The number of nitrogens with one attached hydrogen (secondary N) is 1. The molecule has 0 aromatic heterocycles. The molecular weight excluding hydrogens is 452 g/mol. The molecule has 0 bridgehead atoms. The Bertz CT molecular complexity index is 661. The van der Waals surface area contributed by atoms with Crippen molar-refractivity contribution >= 4 is 23.8 Å². The van der Waals surface area contributed by atoms with Gasteiger partial charge in [-0.25, -0.2) is 4.79 Å². The van der Waals surface area contributed by atoms with Gasteiger partial charge in [0.15, 0.2) is 0 Å². The first-order chi connectivity index (χ1) is 16.4. The molecule has 0 aromatic rings. The van der Waals surface area contributed by atoms with Gasteiger partial charge in [-0.3, -0.25) is 19.4 Å². The molecule has 0 radical (unpaired) electrons. The summed E-state index contributed by atoms with van der Waals surface area (Å²) in [5.74, 6) is -3.51. The van der Waals surface area contributed by atoms with E-state index in [4.69, 9.17) is 5.11 Å². The van der Waals surface area contributed by atoms with Gasteiger partial charge in [0, 0.05) is 25.2 Å². The van der Waals surface area contributed by atoms with Crippen molar-refractivity contribution in [1.29, 1.82) is 0 Å². The summed E-state index contributed by atoms with van der Waals surface area (Å²) in [4.78, 5) is 46.3. The first kappa shape index (κ1) is 32.8. The summed E-state index contributed by atoms with van der Waals surface area (Å²) in [6, 6.07) is 0. The van der Waals surface area contributed by atoms with Gasteiger partial charge >= 0.3 is 11.9 Å². The van der Waals surface area contributed by atoms with E-state index < -0.39 is 29.5 Å². The second-order valence-corrected chi connectivity index (χ2v) is 10.5. The minimum Gasteiger partial charge on any atom is -0.550 e. The van der Waals surface area contributed by atoms with Crippen molar-refractivity contribution < 1.29 is 39.0 Å². The Kier molecular flexibility index (Phi) is 16.2. The maximum Gasteiger partial charge on any atom is 0.388 e. The number of quaternary nitrogens is 1. The Labute approximate surface area is 210 Å². The molecule has 2 unspecified atom stereocenters. The van der Waals surface area contributed by atoms with Crippen LogP contribution in [0.3, 0.4) is 0 Å². The van der Waals surface area contributed by atoms with Crippen LogP contribution in [0.25, 0.3) is 0 Å². The van der Waals surface area contributed by atoms with E-state index in [0.717, 1.165) is 51.4 Å². The Morgan fingerprint density at radius 1 is 0.800 bits per heavy atom. The zero-order valence-electron chi connectivity index (χ0n) is 22.3. The molecule has 0 saturated heterocycles. The SMILES string of the molecule is CCCC(NC(=O)CCCCCCCC(CCCCCCCC(=O)O)C(=O)[O-])(C(=O)O)[N+](C)(C)C. The molecule has 0 aromatic carbocycles. The van der Waals surface area contributed by atoms with Crippen molar-refractivity contribution in [2.24, 2.45) is 5.92 Å². The molecule has 0 aliphatic carbocycles. The summed E-state index contributed by atoms with van der Waals surface area (Å²) in [5, 5.41) is 32.6. The third-order valence-electron chi connectivity index (χ3n) is 6.69. The summed E-state index contributed by atoms with van der Waals surface area (Å²) in [5.41, 5.74) is -1.34. The second kappa shape index (κ2) is 17.3. The van der Waals surface area contributed by atoms with Crippen LogP contribution in [-0.4, -0.2) is 65.3 Å². The van der Waals surface area contributed by atoms with Crippen LogP contribution in [0, 0.1) is 5.92 Å². The molecule has 3 N–H and O–H groups in total. The molecular formula is C26H48N2O7. The number of amides is 1. The average molecular weight is 501 g/mol. The summed E-state index contributed by atoms with van der Waals surface area (Å²) in [6.45, 7) is 1.90. The lowest BCUT2D eigenvalue weighted by molar-refractivity contribution is -0.917. The van der Waals surface area contributed by atoms with Gasteiger partial charge in [-0.2, -0.15) is 0 Å². The lowest BCUT2D eigenvalue weighted by Crippen LogP contribution is -2.71. The van der Waals surface area contributed by atoms with Gasteiger partial charge in [-0.1, -0.05) is 58.3 Å². The first-order valence-electron chi connectivity index (χ1n) is 13.2. The highest BCUT2D eigenvalue weighted by molar-refractivity contribution is 5.85. The smallest absolute Gasteiger partial charge is 0.388 e. The molecule has 204 valence electrons. The molecule has 0 spiro atoms. The Morgan fingerprint density at radius 2 is 1.26 bits per heavy atom. The van der Waals surface area contributed by atoms with E-state index in [2.05, 4.69) is 5.32 Å². The van der Waals surface area contributed by atoms with Crippen molar-refractivity contribution in [3.63, 3.8) is 0 Å². The van der Waals surface area contributed by atoms with Crippen LogP contribution in [-0.2, 0) is 19.2 Å². The number of hydrogen-bond acceptors (Lipinski definition) is 5. The normalized spacial score (nSPS) is 14.2. The number of nitrogens with zero attached hydrogens (tertiary/aromatic N) is 1. The molecule has 9 heteroatoms. The number of carboxylic acids is 3. The van der Waals surface area contributed by atoms with Crippen molar-refractivity contribution in [3.05, 3.63) is 0 Å². The number of carbonyl (C=O) groups excluding carboxylic acids is 2. The monoisotopic (exact) mass is 500 g/mol. The fourth-order valence-electron chi connectivity index (χ4n) is 4.45. The van der Waals surface area contributed by atoms with Gasteiger partial charge in [0.05, 0.1) is 21.1 Å². The minimum atomic E-state index is -1.34. The summed E-state index contributed by atoms with van der Waals surface area (Å²) in [7, 11) is 5.31. The van der Waals surface area contributed by atoms with Gasteiger partial charge in [0.1, 0.15) is 0 Å². The zero-order valence-corrected chi connectivity index (χ0v) is 22.3. The number of hydrogen-bond donors (Lipinski definition) is 3. The lowest BCUT2D eigenvalue weighted by atomic mass is 9.94. The molecule has 2 atom stereocenters. The third kappa shape index (κ3) is 13.5. The maximum atomic E-state index is 12.5. The summed E-state index contributed by atoms with van der Waals surface area (Å²) < 4.78 is 0.103. The van der Waals surface area contributed by atoms with Crippen LogP contribution in [0.4, 0.5) is 0 Å². The maximum absolute atomic E-state index is 12.5. The number of carboxylic acid groups (broad SMARTS) is 3. The van der Waals surface area contributed by atoms with E-state index in [1.54, 1.807) is 21.1 Å². The van der Waals surface area contributed by atoms with Gasteiger partial charge in [0.25, 0.3) is 5.66 Å². The van der Waals surface area contributed by atoms with Gasteiger partial charge in [-0.15, -0.1) is 0 Å². The van der Waals surface area contributed by atoms with E-state index >= 15 is 0 Å². The highest BCUT2D eigenvalue weighted by Gasteiger charge is 2.51. The van der Waals surface area contributed by atoms with E-state index in [-0.39, 0.29) is 23.2 Å². The number of aliphatic carboxylic acids is 3. The van der Waals surface area contributed by atoms with Crippen molar-refractivity contribution in [2.45, 2.75) is 115 Å². The molecule has 9 nitrogen and oxygen atoms in total. The van der Waals surface area contributed by atoms with Crippen LogP contribution < -0.4 is 10.4 Å². The number of unbranched alkanes of at least 4 members (excludes halogenated alkanes) is 8. The van der Waals surface area contributed by atoms with Crippen LogP contribution >= 0.6 is 0 Å². The molecule has 0 heterocycles. The fraction of sp³-hybridized carbons (Fsp3) is 0.846. The van der Waals surface area contributed by atoms with Gasteiger partial charge < -0.3 is 20.1 Å². The van der Waals surface area contributed by atoms with Gasteiger partial charge in [0.2, 0.25) is 5.91 Å². The first-order valence-corrected chi connectivity index (χ1v) is 13.2. The fourth-order valence-corrected chi connectivity index (χ4v) is 4.45. The second-order valence-electron chi connectivity index (χ2n) is 10.5. The minimum absolute atomic E-state index is 0.103. The number of rotatable bonds is 22. The van der Waals surface area contributed by atoms with Crippen molar-refractivity contribution in [2.75, 3.05) is 21.1 Å². The standard InChI is InChI=1S/C26H48N2O7/c1-5-20-26(25(34)35,28(2,3)4)27-22(29)18-14-10-6-8-12-16-21(24(32)33)17-13-9-7-11-15-19-23(30)31/h21H,5-20H2,1-4H3,(H3-,27,29,30,31,32,33,34,35). The molecule has 1 amide bonds. The van der Waals surface area contributed by atoms with E-state index in [9.17, 15) is 29.4 Å². The third-order valence-corrected chi connectivity index (χ3v) is 6.69. The zero-order chi connectivity index (χ0) is 26.9. The predicted molar refractivity (Wildman–Crippen MR) is 132 cm³/mol. The highest BCUT2D eigenvalue weighted by atomic mass is 16.4. The Morgan fingerprint density at radius 3 is 1.66 bits per heavy atom. The molecule has 0 aliphatic heterocycles. The Balaban J connectivity index is 4.16. The molecule has 0 fully saturated rings. The predicted octanol–water partition coefficient (Wildman–Crippen LogP) is 3.30. The van der Waals surface area contributed by atoms with Crippen LogP contribution in [0.2, 0.25) is 0 Å². The number of carbonyl (C=O) groups is 4. The number of likely N-dealkylation sites (N-methyl/N-ethyl adjacent to an activating group) is 1. The highest BCUT2D eigenvalue weighted by Crippen LogP contribution is 2.23. The van der Waals surface area contributed by atoms with Crippen LogP contribution in [0.15, 0.2) is 0 Å². The van der Waals surface area contributed by atoms with Crippen molar-refractivity contribution in [1.82, 2.24) is 5.32 Å².